The van der Waals surface area contributed by atoms with Crippen molar-refractivity contribution in [1.29, 1.82) is 0 Å². The predicted octanol–water partition coefficient (Wildman–Crippen LogP) is 1.83. The Morgan fingerprint density at radius 3 is 2.81 bits per heavy atom. The van der Waals surface area contributed by atoms with Gasteiger partial charge in [-0.3, -0.25) is 9.69 Å². The van der Waals surface area contributed by atoms with E-state index < -0.39 is 0 Å². The molecule has 0 aromatic heterocycles. The number of benzene rings is 1. The van der Waals surface area contributed by atoms with E-state index in [2.05, 4.69) is 10.2 Å². The van der Waals surface area contributed by atoms with E-state index in [0.717, 1.165) is 18.7 Å². The zero-order valence-electron chi connectivity index (χ0n) is 12.4. The molecule has 21 heavy (non-hydrogen) atoms. The molecule has 5 heteroatoms. The predicted molar refractivity (Wildman–Crippen MR) is 85.0 cm³/mol. The van der Waals surface area contributed by atoms with Crippen LogP contribution in [0.25, 0.3) is 0 Å². The quantitative estimate of drug-likeness (QED) is 0.639. The normalized spacial score (nSPS) is 15.0. The Morgan fingerprint density at radius 1 is 1.38 bits per heavy atom. The number of nitrogens with one attached hydrogen (secondary N) is 1. The Balaban J connectivity index is 1.70. The molecular formula is C16H25N3O2. The number of amides is 1. The molecule has 5 nitrogen and oxygen atoms in total. The molecule has 0 heterocycles. The molecule has 4 N–H and O–H groups in total. The second kappa shape index (κ2) is 8.00. The number of aliphatic hydroxyl groups is 1. The zero-order chi connectivity index (χ0) is 15.1. The number of rotatable bonds is 8. The van der Waals surface area contributed by atoms with Gasteiger partial charge in [-0.1, -0.05) is 12.5 Å². The summed E-state index contributed by atoms with van der Waals surface area (Å²) in [4.78, 5) is 14.2. The Bertz CT molecular complexity index is 461. The summed E-state index contributed by atoms with van der Waals surface area (Å²) in [7, 11) is 0. The van der Waals surface area contributed by atoms with Crippen molar-refractivity contribution in [2.45, 2.75) is 38.1 Å². The van der Waals surface area contributed by atoms with E-state index in [-0.39, 0.29) is 12.5 Å². The Labute approximate surface area is 126 Å². The molecule has 0 unspecified atom stereocenters. The number of nitrogens with two attached hydrogens (primary N) is 1. The first-order valence-corrected chi connectivity index (χ1v) is 7.69. The molecule has 0 saturated heterocycles. The standard InChI is InChI=1S/C16H25N3O2/c17-13-4-1-5-14(12-13)18-16(21)8-3-9-19(10-11-20)15-6-2-7-15/h1,4-5,12,15,20H,2-3,6-11,17H2,(H,18,21). The summed E-state index contributed by atoms with van der Waals surface area (Å²) < 4.78 is 0. The van der Waals surface area contributed by atoms with E-state index in [4.69, 9.17) is 10.8 Å². The number of nitrogens with zero attached hydrogens (tertiary/aromatic N) is 1. The van der Waals surface area contributed by atoms with Crippen molar-refractivity contribution in [1.82, 2.24) is 4.90 Å². The molecule has 0 atom stereocenters. The molecule has 0 radical (unpaired) electrons. The van der Waals surface area contributed by atoms with Crippen molar-refractivity contribution >= 4 is 17.3 Å². The molecule has 1 aliphatic carbocycles. The van der Waals surface area contributed by atoms with Crippen LogP contribution in [0.5, 0.6) is 0 Å². The van der Waals surface area contributed by atoms with E-state index in [9.17, 15) is 4.79 Å². The van der Waals surface area contributed by atoms with Crippen LogP contribution in [-0.2, 0) is 4.79 Å². The molecule has 0 bridgehead atoms. The second-order valence-corrected chi connectivity index (χ2v) is 5.62. The van der Waals surface area contributed by atoms with E-state index in [0.29, 0.717) is 24.7 Å². The van der Waals surface area contributed by atoms with E-state index >= 15 is 0 Å². The third-order valence-corrected chi connectivity index (χ3v) is 4.00. The van der Waals surface area contributed by atoms with Gasteiger partial charge in [0.25, 0.3) is 0 Å². The maximum Gasteiger partial charge on any atom is 0.224 e. The van der Waals surface area contributed by atoms with Gasteiger partial charge in [0.1, 0.15) is 0 Å². The number of anilines is 2. The number of hydrogen-bond donors (Lipinski definition) is 3. The first-order valence-electron chi connectivity index (χ1n) is 7.69. The number of carbonyl (C=O) groups excluding carboxylic acids is 1. The summed E-state index contributed by atoms with van der Waals surface area (Å²) >= 11 is 0. The maximum atomic E-state index is 11.9. The van der Waals surface area contributed by atoms with E-state index in [1.807, 2.05) is 12.1 Å². The third kappa shape index (κ3) is 5.02. The van der Waals surface area contributed by atoms with Crippen molar-refractivity contribution in [2.75, 3.05) is 30.7 Å². The Morgan fingerprint density at radius 2 is 2.19 bits per heavy atom. The summed E-state index contributed by atoms with van der Waals surface area (Å²) in [6.45, 7) is 1.77. The van der Waals surface area contributed by atoms with Gasteiger partial charge in [-0.15, -0.1) is 0 Å². The van der Waals surface area contributed by atoms with Gasteiger partial charge in [-0.25, -0.2) is 0 Å². The fraction of sp³-hybridized carbons (Fsp3) is 0.562. The lowest BCUT2D eigenvalue weighted by atomic mass is 9.91. The third-order valence-electron chi connectivity index (χ3n) is 4.00. The van der Waals surface area contributed by atoms with Crippen LogP contribution in [0.2, 0.25) is 0 Å². The molecule has 1 fully saturated rings. The number of hydrogen-bond acceptors (Lipinski definition) is 4. The highest BCUT2D eigenvalue weighted by molar-refractivity contribution is 5.91. The lowest BCUT2D eigenvalue weighted by Crippen LogP contribution is -2.42. The molecule has 0 aliphatic heterocycles. The van der Waals surface area contributed by atoms with Gasteiger partial charge in [-0.2, -0.15) is 0 Å². The van der Waals surface area contributed by atoms with Crippen molar-refractivity contribution in [3.8, 4) is 0 Å². The van der Waals surface area contributed by atoms with Crippen LogP contribution < -0.4 is 11.1 Å². The minimum atomic E-state index is 0.0122. The summed E-state index contributed by atoms with van der Waals surface area (Å²) in [6, 6.07) is 7.81. The first-order chi connectivity index (χ1) is 10.2. The smallest absolute Gasteiger partial charge is 0.224 e. The number of carbonyl (C=O) groups is 1. The van der Waals surface area contributed by atoms with E-state index in [1.165, 1.54) is 19.3 Å². The van der Waals surface area contributed by atoms with Gasteiger partial charge in [0.05, 0.1) is 6.61 Å². The fourth-order valence-corrected chi connectivity index (χ4v) is 2.64. The average Bonchev–Trinajstić information content (AvgIpc) is 2.36. The molecule has 1 aromatic carbocycles. The molecular weight excluding hydrogens is 266 g/mol. The van der Waals surface area contributed by atoms with Crippen LogP contribution in [-0.4, -0.2) is 41.7 Å². The van der Waals surface area contributed by atoms with Crippen LogP contribution in [0, 0.1) is 0 Å². The highest BCUT2D eigenvalue weighted by Crippen LogP contribution is 2.24. The summed E-state index contributed by atoms with van der Waals surface area (Å²) in [5, 5.41) is 12.0. The van der Waals surface area contributed by atoms with Gasteiger partial charge in [0.15, 0.2) is 0 Å². The average molecular weight is 291 g/mol. The molecule has 2 rings (SSSR count). The minimum Gasteiger partial charge on any atom is -0.399 e. The van der Waals surface area contributed by atoms with Gasteiger partial charge in [0, 0.05) is 30.4 Å². The SMILES string of the molecule is Nc1cccc(NC(=O)CCCN(CCO)C2CCC2)c1. The first kappa shape index (κ1) is 15.8. The lowest BCUT2D eigenvalue weighted by molar-refractivity contribution is -0.116. The van der Waals surface area contributed by atoms with Crippen LogP contribution in [0.1, 0.15) is 32.1 Å². The molecule has 1 saturated carbocycles. The fourth-order valence-electron chi connectivity index (χ4n) is 2.64. The Hall–Kier alpha value is -1.59. The monoisotopic (exact) mass is 291 g/mol. The molecule has 1 amide bonds. The van der Waals surface area contributed by atoms with Crippen molar-refractivity contribution in [3.05, 3.63) is 24.3 Å². The van der Waals surface area contributed by atoms with E-state index in [1.54, 1.807) is 12.1 Å². The second-order valence-electron chi connectivity index (χ2n) is 5.62. The highest BCUT2D eigenvalue weighted by atomic mass is 16.3. The van der Waals surface area contributed by atoms with Gasteiger partial charge in [0.2, 0.25) is 5.91 Å². The minimum absolute atomic E-state index is 0.0122. The summed E-state index contributed by atoms with van der Waals surface area (Å²) in [5.41, 5.74) is 7.07. The molecule has 1 aromatic rings. The molecule has 0 spiro atoms. The largest absolute Gasteiger partial charge is 0.399 e. The topological polar surface area (TPSA) is 78.6 Å². The summed E-state index contributed by atoms with van der Waals surface area (Å²) in [5.74, 6) is 0.0122. The Kier molecular flexibility index (Phi) is 6.02. The van der Waals surface area contributed by atoms with Crippen molar-refractivity contribution in [3.63, 3.8) is 0 Å². The number of nitrogen functional groups attached to an aromatic ring is 1. The zero-order valence-corrected chi connectivity index (χ0v) is 12.4. The molecule has 1 aliphatic rings. The molecule has 116 valence electrons. The van der Waals surface area contributed by atoms with Crippen LogP contribution >= 0.6 is 0 Å². The van der Waals surface area contributed by atoms with Crippen molar-refractivity contribution < 1.29 is 9.90 Å². The van der Waals surface area contributed by atoms with Crippen LogP contribution in [0.15, 0.2) is 24.3 Å². The summed E-state index contributed by atoms with van der Waals surface area (Å²) in [6.07, 6.45) is 5.02. The number of aliphatic hydroxyl groups excluding tert-OH is 1. The van der Waals surface area contributed by atoms with Crippen LogP contribution in [0.3, 0.4) is 0 Å². The van der Waals surface area contributed by atoms with Gasteiger partial charge < -0.3 is 16.2 Å². The van der Waals surface area contributed by atoms with Crippen molar-refractivity contribution in [2.24, 2.45) is 0 Å². The van der Waals surface area contributed by atoms with Crippen LogP contribution in [0.4, 0.5) is 11.4 Å². The lowest BCUT2D eigenvalue weighted by Gasteiger charge is -2.37. The highest BCUT2D eigenvalue weighted by Gasteiger charge is 2.24. The van der Waals surface area contributed by atoms with Gasteiger partial charge >= 0.3 is 0 Å². The maximum absolute atomic E-state index is 11.9. The van der Waals surface area contributed by atoms with Gasteiger partial charge in [-0.05, 0) is 44.0 Å².